The molecule has 2 aromatic carbocycles. The molecule has 0 heterocycles. The Bertz CT molecular complexity index is 701. The molecule has 6 nitrogen and oxygen atoms in total. The largest absolute Gasteiger partial charge is 0.374 e. The number of hydrogen-bond donors (Lipinski definition) is 2. The Hall–Kier alpha value is -2.89. The van der Waals surface area contributed by atoms with Crippen molar-refractivity contribution in [3.05, 3.63) is 64.2 Å². The normalized spacial score (nSPS) is 11.5. The van der Waals surface area contributed by atoms with Crippen molar-refractivity contribution in [2.24, 2.45) is 0 Å². The van der Waals surface area contributed by atoms with Gasteiger partial charge < -0.3 is 10.6 Å². The van der Waals surface area contributed by atoms with Crippen LogP contribution in [0.5, 0.6) is 0 Å². The van der Waals surface area contributed by atoms with Crippen molar-refractivity contribution in [3.63, 3.8) is 0 Å². The molecule has 2 N–H and O–H groups in total. The molecule has 1 atom stereocenters. The van der Waals surface area contributed by atoms with E-state index >= 15 is 0 Å². The molecule has 0 saturated carbocycles. The third-order valence-corrected chi connectivity index (χ3v) is 3.12. The van der Waals surface area contributed by atoms with E-state index in [0.717, 1.165) is 11.3 Å². The molecule has 2 aromatic rings. The number of rotatable bonds is 5. The van der Waals surface area contributed by atoms with Gasteiger partial charge in [0.1, 0.15) is 6.04 Å². The van der Waals surface area contributed by atoms with Gasteiger partial charge in [-0.3, -0.25) is 14.9 Å². The number of hydrogen-bond acceptors (Lipinski definition) is 4. The minimum absolute atomic E-state index is 0.0173. The number of nitro groups is 1. The highest BCUT2D eigenvalue weighted by Gasteiger charge is 2.14. The van der Waals surface area contributed by atoms with E-state index in [9.17, 15) is 14.9 Å². The summed E-state index contributed by atoms with van der Waals surface area (Å²) in [5.74, 6) is -0.211. The molecule has 0 fully saturated rings. The Morgan fingerprint density at radius 2 is 1.82 bits per heavy atom. The standard InChI is InChI=1S/C16H17N3O3/c1-11-5-3-6-13(9-11)18-16(20)12(2)17-14-7-4-8-15(10-14)19(21)22/h3-10,12,17H,1-2H3,(H,18,20)/t12-/m1/s1. The Balaban J connectivity index is 2.02. The van der Waals surface area contributed by atoms with Gasteiger partial charge in [0.15, 0.2) is 0 Å². The highest BCUT2D eigenvalue weighted by Crippen LogP contribution is 2.18. The number of aryl methyl sites for hydroxylation is 1. The van der Waals surface area contributed by atoms with Gasteiger partial charge in [0.05, 0.1) is 4.92 Å². The first kappa shape index (κ1) is 15.5. The van der Waals surface area contributed by atoms with E-state index in [0.29, 0.717) is 5.69 Å². The number of benzene rings is 2. The first-order valence-electron chi connectivity index (χ1n) is 6.84. The molecule has 0 bridgehead atoms. The average molecular weight is 299 g/mol. The van der Waals surface area contributed by atoms with Gasteiger partial charge in [-0.1, -0.05) is 18.2 Å². The number of nitrogens with zero attached hydrogens (tertiary/aromatic N) is 1. The third kappa shape index (κ3) is 4.05. The van der Waals surface area contributed by atoms with E-state index in [-0.39, 0.29) is 11.6 Å². The summed E-state index contributed by atoms with van der Waals surface area (Å²) in [6, 6.07) is 13.0. The zero-order valence-electron chi connectivity index (χ0n) is 12.4. The minimum atomic E-state index is -0.525. The molecular formula is C16H17N3O3. The van der Waals surface area contributed by atoms with Crippen molar-refractivity contribution in [2.45, 2.75) is 19.9 Å². The predicted molar refractivity (Wildman–Crippen MR) is 86.0 cm³/mol. The van der Waals surface area contributed by atoms with Crippen molar-refractivity contribution in [2.75, 3.05) is 10.6 Å². The molecule has 0 aliphatic rings. The summed E-state index contributed by atoms with van der Waals surface area (Å²) in [5, 5.41) is 16.5. The van der Waals surface area contributed by atoms with E-state index < -0.39 is 11.0 Å². The van der Waals surface area contributed by atoms with Crippen LogP contribution in [-0.2, 0) is 4.79 Å². The van der Waals surface area contributed by atoms with E-state index in [1.54, 1.807) is 19.1 Å². The van der Waals surface area contributed by atoms with Gasteiger partial charge in [-0.2, -0.15) is 0 Å². The van der Waals surface area contributed by atoms with Crippen LogP contribution >= 0.6 is 0 Å². The summed E-state index contributed by atoms with van der Waals surface area (Å²) in [5.41, 5.74) is 2.28. The maximum atomic E-state index is 12.1. The summed E-state index contributed by atoms with van der Waals surface area (Å²) in [6.07, 6.45) is 0. The predicted octanol–water partition coefficient (Wildman–Crippen LogP) is 3.34. The Morgan fingerprint density at radius 1 is 1.14 bits per heavy atom. The van der Waals surface area contributed by atoms with Crippen LogP contribution in [0.1, 0.15) is 12.5 Å². The molecule has 0 unspecified atom stereocenters. The summed E-state index contributed by atoms with van der Waals surface area (Å²) in [7, 11) is 0. The lowest BCUT2D eigenvalue weighted by Gasteiger charge is -2.15. The van der Waals surface area contributed by atoms with Crippen LogP contribution in [0, 0.1) is 17.0 Å². The van der Waals surface area contributed by atoms with Crippen LogP contribution in [0.4, 0.5) is 17.1 Å². The quantitative estimate of drug-likeness (QED) is 0.655. The fraction of sp³-hybridized carbons (Fsp3) is 0.188. The molecule has 0 radical (unpaired) electrons. The first-order valence-corrected chi connectivity index (χ1v) is 6.84. The second-order valence-electron chi connectivity index (χ2n) is 5.03. The highest BCUT2D eigenvalue weighted by atomic mass is 16.6. The topological polar surface area (TPSA) is 84.3 Å². The molecule has 1 amide bonds. The van der Waals surface area contributed by atoms with Crippen molar-refractivity contribution in [1.29, 1.82) is 0 Å². The second kappa shape index (κ2) is 6.71. The molecule has 0 aromatic heterocycles. The smallest absolute Gasteiger partial charge is 0.271 e. The lowest BCUT2D eigenvalue weighted by Crippen LogP contribution is -2.31. The summed E-state index contributed by atoms with van der Waals surface area (Å²) < 4.78 is 0. The molecule has 0 spiro atoms. The van der Waals surface area contributed by atoms with Crippen LogP contribution in [0.2, 0.25) is 0 Å². The number of non-ortho nitro benzene ring substituents is 1. The Labute approximate surface area is 128 Å². The van der Waals surface area contributed by atoms with Gasteiger partial charge in [0, 0.05) is 23.5 Å². The van der Waals surface area contributed by atoms with Gasteiger partial charge in [-0.25, -0.2) is 0 Å². The van der Waals surface area contributed by atoms with E-state index in [4.69, 9.17) is 0 Å². The number of carbonyl (C=O) groups is 1. The number of nitro benzene ring substituents is 1. The molecule has 6 heteroatoms. The molecular weight excluding hydrogens is 282 g/mol. The lowest BCUT2D eigenvalue weighted by atomic mass is 10.2. The number of carbonyl (C=O) groups excluding carboxylic acids is 1. The maximum Gasteiger partial charge on any atom is 0.271 e. The third-order valence-electron chi connectivity index (χ3n) is 3.12. The van der Waals surface area contributed by atoms with E-state index in [1.807, 2.05) is 31.2 Å². The minimum Gasteiger partial charge on any atom is -0.374 e. The van der Waals surface area contributed by atoms with Gasteiger partial charge in [0.2, 0.25) is 5.91 Å². The summed E-state index contributed by atoms with van der Waals surface area (Å²) >= 11 is 0. The van der Waals surface area contributed by atoms with Crippen LogP contribution in [0.15, 0.2) is 48.5 Å². The SMILES string of the molecule is Cc1cccc(NC(=O)[C@@H](C)Nc2cccc([N+](=O)[O-])c2)c1. The van der Waals surface area contributed by atoms with Gasteiger partial charge in [-0.05, 0) is 37.6 Å². The Kier molecular flexibility index (Phi) is 4.73. The summed E-state index contributed by atoms with van der Waals surface area (Å²) in [4.78, 5) is 22.4. The van der Waals surface area contributed by atoms with Crippen LogP contribution < -0.4 is 10.6 Å². The van der Waals surface area contributed by atoms with Crippen LogP contribution in [-0.4, -0.2) is 16.9 Å². The molecule has 22 heavy (non-hydrogen) atoms. The second-order valence-corrected chi connectivity index (χ2v) is 5.03. The van der Waals surface area contributed by atoms with Crippen LogP contribution in [0.25, 0.3) is 0 Å². The number of amides is 1. The van der Waals surface area contributed by atoms with Crippen molar-refractivity contribution in [1.82, 2.24) is 0 Å². The van der Waals surface area contributed by atoms with Gasteiger partial charge in [-0.15, -0.1) is 0 Å². The first-order chi connectivity index (χ1) is 10.5. The van der Waals surface area contributed by atoms with Gasteiger partial charge in [0.25, 0.3) is 5.69 Å². The molecule has 0 aliphatic heterocycles. The lowest BCUT2D eigenvalue weighted by molar-refractivity contribution is -0.384. The van der Waals surface area contributed by atoms with Crippen molar-refractivity contribution >= 4 is 23.0 Å². The average Bonchev–Trinajstić information content (AvgIpc) is 2.47. The van der Waals surface area contributed by atoms with Crippen molar-refractivity contribution < 1.29 is 9.72 Å². The number of anilines is 2. The fourth-order valence-electron chi connectivity index (χ4n) is 2.00. The van der Waals surface area contributed by atoms with E-state index in [2.05, 4.69) is 10.6 Å². The highest BCUT2D eigenvalue weighted by molar-refractivity contribution is 5.96. The molecule has 2 rings (SSSR count). The van der Waals surface area contributed by atoms with Gasteiger partial charge >= 0.3 is 0 Å². The summed E-state index contributed by atoms with van der Waals surface area (Å²) in [6.45, 7) is 3.64. The zero-order chi connectivity index (χ0) is 16.1. The molecule has 114 valence electrons. The molecule has 0 aliphatic carbocycles. The van der Waals surface area contributed by atoms with Crippen LogP contribution in [0.3, 0.4) is 0 Å². The maximum absolute atomic E-state index is 12.1. The monoisotopic (exact) mass is 299 g/mol. The number of nitrogens with one attached hydrogen (secondary N) is 2. The fourth-order valence-corrected chi connectivity index (χ4v) is 2.00. The van der Waals surface area contributed by atoms with Crippen molar-refractivity contribution in [3.8, 4) is 0 Å². The molecule has 0 saturated heterocycles. The van der Waals surface area contributed by atoms with E-state index in [1.165, 1.54) is 12.1 Å². The Morgan fingerprint density at radius 3 is 2.50 bits per heavy atom. The zero-order valence-corrected chi connectivity index (χ0v) is 12.4.